The number of nitrogens with zero attached hydrogens (tertiary/aromatic N) is 1. The van der Waals surface area contributed by atoms with Crippen LogP contribution in [0.5, 0.6) is 5.75 Å². The Kier molecular flexibility index (Phi) is 4.31. The first kappa shape index (κ1) is 16.8. The minimum Gasteiger partial charge on any atom is -0.406 e. The monoisotopic (exact) mass is 335 g/mol. The molecule has 23 heavy (non-hydrogen) atoms. The number of pyridine rings is 1. The first-order valence-electron chi connectivity index (χ1n) is 5.99. The Bertz CT molecular complexity index is 707. The molecule has 0 saturated carbocycles. The molecule has 122 valence electrons. The average Bonchev–Trinajstić information content (AvgIpc) is 2.45. The molecule has 0 bridgehead atoms. The molecule has 0 aliphatic heterocycles. The Balaban J connectivity index is 2.42. The highest BCUT2D eigenvalue weighted by atomic mass is 19.4. The van der Waals surface area contributed by atoms with Crippen molar-refractivity contribution in [1.82, 2.24) is 4.98 Å². The summed E-state index contributed by atoms with van der Waals surface area (Å²) in [6, 6.07) is 4.77. The molecule has 0 N–H and O–H groups in total. The van der Waals surface area contributed by atoms with Gasteiger partial charge in [0, 0.05) is 11.8 Å². The van der Waals surface area contributed by atoms with E-state index in [0.717, 1.165) is 24.3 Å². The second kappa shape index (κ2) is 5.90. The van der Waals surface area contributed by atoms with Crippen LogP contribution in [0.15, 0.2) is 36.5 Å². The van der Waals surface area contributed by atoms with Crippen molar-refractivity contribution in [2.24, 2.45) is 0 Å². The van der Waals surface area contributed by atoms with E-state index in [1.807, 2.05) is 0 Å². The highest BCUT2D eigenvalue weighted by molar-refractivity contribution is 5.85. The van der Waals surface area contributed by atoms with Crippen LogP contribution in [-0.2, 0) is 6.18 Å². The van der Waals surface area contributed by atoms with Crippen LogP contribution in [0.1, 0.15) is 16.1 Å². The van der Waals surface area contributed by atoms with Crippen LogP contribution < -0.4 is 4.74 Å². The van der Waals surface area contributed by atoms with Gasteiger partial charge in [-0.15, -0.1) is 13.2 Å². The van der Waals surface area contributed by atoms with Crippen LogP contribution >= 0.6 is 0 Å². The number of benzene rings is 1. The number of aldehydes is 1. The summed E-state index contributed by atoms with van der Waals surface area (Å²) in [6.45, 7) is 0. The smallest absolute Gasteiger partial charge is 0.406 e. The van der Waals surface area contributed by atoms with E-state index in [4.69, 9.17) is 0 Å². The minimum absolute atomic E-state index is 0.0974. The number of aromatic nitrogens is 1. The van der Waals surface area contributed by atoms with Gasteiger partial charge in [-0.2, -0.15) is 13.2 Å². The maximum Gasteiger partial charge on any atom is 0.573 e. The molecule has 0 atom stereocenters. The molecule has 1 heterocycles. The number of carbonyl (C=O) groups is 1. The fourth-order valence-corrected chi connectivity index (χ4v) is 1.79. The van der Waals surface area contributed by atoms with Gasteiger partial charge in [-0.25, -0.2) is 0 Å². The molecule has 0 radical (unpaired) electrons. The van der Waals surface area contributed by atoms with Gasteiger partial charge in [0.2, 0.25) is 0 Å². The van der Waals surface area contributed by atoms with Crippen molar-refractivity contribution in [2.75, 3.05) is 0 Å². The van der Waals surface area contributed by atoms with E-state index in [9.17, 15) is 31.1 Å². The van der Waals surface area contributed by atoms with Gasteiger partial charge in [-0.1, -0.05) is 12.1 Å². The SMILES string of the molecule is O=Cc1ncc(C(F)(F)F)cc1-c1ccc(OC(F)(F)F)cc1. The Morgan fingerprint density at radius 2 is 1.61 bits per heavy atom. The fraction of sp³-hybridized carbons (Fsp3) is 0.143. The zero-order valence-corrected chi connectivity index (χ0v) is 11.1. The van der Waals surface area contributed by atoms with Gasteiger partial charge in [-0.3, -0.25) is 9.78 Å². The first-order valence-corrected chi connectivity index (χ1v) is 5.99. The zero-order chi connectivity index (χ0) is 17.3. The normalized spacial score (nSPS) is 12.1. The van der Waals surface area contributed by atoms with Crippen LogP contribution in [0.2, 0.25) is 0 Å². The maximum atomic E-state index is 12.7. The quantitative estimate of drug-likeness (QED) is 0.613. The summed E-state index contributed by atoms with van der Waals surface area (Å²) < 4.78 is 77.9. The molecule has 9 heteroatoms. The first-order chi connectivity index (χ1) is 10.6. The van der Waals surface area contributed by atoms with Crippen molar-refractivity contribution >= 4 is 6.29 Å². The number of rotatable bonds is 3. The van der Waals surface area contributed by atoms with E-state index in [0.29, 0.717) is 12.3 Å². The molecular weight excluding hydrogens is 328 g/mol. The second-order valence-corrected chi connectivity index (χ2v) is 4.34. The molecule has 2 aromatic rings. The molecule has 0 spiro atoms. The van der Waals surface area contributed by atoms with Gasteiger partial charge in [0.1, 0.15) is 11.4 Å². The molecule has 0 unspecified atom stereocenters. The largest absolute Gasteiger partial charge is 0.573 e. The lowest BCUT2D eigenvalue weighted by atomic mass is 10.0. The van der Waals surface area contributed by atoms with Crippen molar-refractivity contribution in [2.45, 2.75) is 12.5 Å². The number of halogens is 6. The van der Waals surface area contributed by atoms with Crippen LogP contribution in [-0.4, -0.2) is 17.6 Å². The number of alkyl halides is 6. The lowest BCUT2D eigenvalue weighted by Crippen LogP contribution is -2.16. The molecular formula is C14H7F6NO2. The summed E-state index contributed by atoms with van der Waals surface area (Å²) in [6.07, 6.45) is -8.78. The van der Waals surface area contributed by atoms with Crippen LogP contribution in [0.3, 0.4) is 0 Å². The Morgan fingerprint density at radius 1 is 1.00 bits per heavy atom. The van der Waals surface area contributed by atoms with E-state index < -0.39 is 23.9 Å². The number of ether oxygens (including phenoxy) is 1. The Labute approximate surface area is 125 Å². The molecule has 1 aromatic carbocycles. The van der Waals surface area contributed by atoms with E-state index >= 15 is 0 Å². The van der Waals surface area contributed by atoms with Gasteiger partial charge >= 0.3 is 12.5 Å². The standard InChI is InChI=1S/C14H7F6NO2/c15-13(16,17)9-5-11(12(7-22)21-6-9)8-1-3-10(4-2-8)23-14(18,19)20/h1-7H. The van der Waals surface area contributed by atoms with E-state index in [2.05, 4.69) is 9.72 Å². The van der Waals surface area contributed by atoms with Crippen molar-refractivity contribution in [1.29, 1.82) is 0 Å². The van der Waals surface area contributed by atoms with E-state index in [1.165, 1.54) is 0 Å². The summed E-state index contributed by atoms with van der Waals surface area (Å²) >= 11 is 0. The molecule has 0 amide bonds. The van der Waals surface area contributed by atoms with Crippen molar-refractivity contribution in [3.8, 4) is 16.9 Å². The van der Waals surface area contributed by atoms with Gasteiger partial charge < -0.3 is 4.74 Å². The Morgan fingerprint density at radius 3 is 2.09 bits per heavy atom. The lowest BCUT2D eigenvalue weighted by Gasteiger charge is -2.12. The van der Waals surface area contributed by atoms with Crippen LogP contribution in [0, 0.1) is 0 Å². The highest BCUT2D eigenvalue weighted by Crippen LogP contribution is 2.33. The number of hydrogen-bond acceptors (Lipinski definition) is 3. The molecule has 0 saturated heterocycles. The third-order valence-electron chi connectivity index (χ3n) is 2.76. The molecule has 0 aliphatic carbocycles. The molecule has 0 fully saturated rings. The summed E-state index contributed by atoms with van der Waals surface area (Å²) in [7, 11) is 0. The van der Waals surface area contributed by atoms with Gasteiger partial charge in [0.25, 0.3) is 0 Å². The number of hydrogen-bond donors (Lipinski definition) is 0. The Hall–Kier alpha value is -2.58. The van der Waals surface area contributed by atoms with E-state index in [1.54, 1.807) is 0 Å². The third-order valence-corrected chi connectivity index (χ3v) is 2.76. The van der Waals surface area contributed by atoms with Gasteiger partial charge in [0.15, 0.2) is 6.29 Å². The summed E-state index contributed by atoms with van der Waals surface area (Å²) in [5, 5.41) is 0. The topological polar surface area (TPSA) is 39.2 Å². The summed E-state index contributed by atoms with van der Waals surface area (Å²) in [4.78, 5) is 14.3. The predicted molar refractivity (Wildman–Crippen MR) is 66.7 cm³/mol. The third kappa shape index (κ3) is 4.21. The average molecular weight is 335 g/mol. The summed E-state index contributed by atoms with van der Waals surface area (Å²) in [5.74, 6) is -0.533. The molecule has 0 aliphatic rings. The van der Waals surface area contributed by atoms with Crippen molar-refractivity contribution in [3.05, 3.63) is 47.8 Å². The predicted octanol–water partition coefficient (Wildman–Crippen LogP) is 4.48. The van der Waals surface area contributed by atoms with Gasteiger partial charge in [-0.05, 0) is 23.8 Å². The second-order valence-electron chi connectivity index (χ2n) is 4.34. The fourth-order valence-electron chi connectivity index (χ4n) is 1.79. The van der Waals surface area contributed by atoms with Crippen LogP contribution in [0.25, 0.3) is 11.1 Å². The maximum absolute atomic E-state index is 12.7. The minimum atomic E-state index is -4.88. The van der Waals surface area contributed by atoms with Crippen LogP contribution in [0.4, 0.5) is 26.3 Å². The summed E-state index contributed by atoms with van der Waals surface area (Å²) in [5.41, 5.74) is -1.38. The van der Waals surface area contributed by atoms with Crippen molar-refractivity contribution < 1.29 is 35.9 Å². The van der Waals surface area contributed by atoms with Gasteiger partial charge in [0.05, 0.1) is 5.56 Å². The zero-order valence-electron chi connectivity index (χ0n) is 11.1. The molecule has 3 nitrogen and oxygen atoms in total. The molecule has 2 rings (SSSR count). The number of carbonyl (C=O) groups excluding carboxylic acids is 1. The van der Waals surface area contributed by atoms with Crippen molar-refractivity contribution in [3.63, 3.8) is 0 Å². The molecule has 1 aromatic heterocycles. The highest BCUT2D eigenvalue weighted by Gasteiger charge is 2.32. The lowest BCUT2D eigenvalue weighted by molar-refractivity contribution is -0.274. The van der Waals surface area contributed by atoms with E-state index in [-0.39, 0.29) is 23.1 Å².